The lowest BCUT2D eigenvalue weighted by Crippen LogP contribution is -2.36. The van der Waals surface area contributed by atoms with E-state index >= 15 is 0 Å². The van der Waals surface area contributed by atoms with E-state index in [0.717, 1.165) is 26.2 Å². The maximum atomic E-state index is 2.50. The number of amidine groups is 2. The summed E-state index contributed by atoms with van der Waals surface area (Å²) in [7, 11) is 7.58. The molecule has 2 aliphatic heterocycles. The molecule has 6 heteroatoms. The van der Waals surface area contributed by atoms with Crippen LogP contribution in [-0.4, -0.2) is 84.5 Å². The van der Waals surface area contributed by atoms with Gasteiger partial charge < -0.3 is 0 Å². The van der Waals surface area contributed by atoms with E-state index in [2.05, 4.69) is 158 Å². The molecular formula is C36H42N4P2+2. The second-order valence-electron chi connectivity index (χ2n) is 11.6. The Bertz CT molecular complexity index is 1590. The Morgan fingerprint density at radius 3 is 1.31 bits per heavy atom. The van der Waals surface area contributed by atoms with Crippen LogP contribution in [0.25, 0.3) is 11.1 Å². The Labute approximate surface area is 254 Å². The van der Waals surface area contributed by atoms with Crippen molar-refractivity contribution in [3.8, 4) is 11.1 Å². The third-order valence-corrected chi connectivity index (χ3v) is 14.1. The molecule has 0 unspecified atom stereocenters. The second kappa shape index (κ2) is 12.1. The fourth-order valence-electron chi connectivity index (χ4n) is 6.48. The zero-order valence-corrected chi connectivity index (χ0v) is 27.5. The smallest absolute Gasteiger partial charge is 0.260 e. The molecule has 4 aromatic carbocycles. The summed E-state index contributed by atoms with van der Waals surface area (Å²) in [5, 5.41) is 5.67. The predicted molar refractivity (Wildman–Crippen MR) is 184 cm³/mol. The number of benzene rings is 4. The number of hydrogen-bond donors (Lipinski definition) is 0. The van der Waals surface area contributed by atoms with E-state index in [1.165, 1.54) is 54.6 Å². The topological polar surface area (TPSA) is 12.5 Å². The van der Waals surface area contributed by atoms with Crippen LogP contribution in [0.1, 0.15) is 11.1 Å². The molecule has 0 aliphatic carbocycles. The lowest BCUT2D eigenvalue weighted by Gasteiger charge is -2.28. The molecule has 0 atom stereocenters. The van der Waals surface area contributed by atoms with Crippen LogP contribution in [0.3, 0.4) is 0 Å². The Morgan fingerprint density at radius 2 is 0.929 bits per heavy atom. The van der Waals surface area contributed by atoms with Crippen molar-refractivity contribution in [2.45, 2.75) is 13.8 Å². The van der Waals surface area contributed by atoms with E-state index in [-0.39, 0.29) is 0 Å². The molecule has 0 bridgehead atoms. The number of aryl methyl sites for hydroxylation is 2. The van der Waals surface area contributed by atoms with Crippen molar-refractivity contribution in [3.05, 3.63) is 108 Å². The van der Waals surface area contributed by atoms with Gasteiger partial charge in [-0.25, -0.2) is 0 Å². The number of nitrogens with zero attached hydrogens (tertiary/aromatic N) is 4. The average Bonchev–Trinajstić information content (AvgIpc) is 3.51. The van der Waals surface area contributed by atoms with E-state index in [1.807, 2.05) is 0 Å². The van der Waals surface area contributed by atoms with E-state index in [4.69, 9.17) is 0 Å². The van der Waals surface area contributed by atoms with Crippen LogP contribution in [0, 0.1) is 13.8 Å². The third-order valence-electron chi connectivity index (χ3n) is 8.57. The highest BCUT2D eigenvalue weighted by atomic mass is 31.1. The minimum Gasteiger partial charge on any atom is -0.260 e. The molecule has 0 radical (unpaired) electrons. The van der Waals surface area contributed by atoms with Crippen molar-refractivity contribution in [1.82, 2.24) is 9.80 Å². The lowest BCUT2D eigenvalue weighted by atomic mass is 9.96. The summed E-state index contributed by atoms with van der Waals surface area (Å²) in [5.74, 6) is 0. The van der Waals surface area contributed by atoms with Crippen LogP contribution in [0.15, 0.2) is 97.1 Å². The monoisotopic (exact) mass is 592 g/mol. The summed E-state index contributed by atoms with van der Waals surface area (Å²) in [5.41, 5.74) is 8.42. The van der Waals surface area contributed by atoms with Gasteiger partial charge >= 0.3 is 0 Å². The third kappa shape index (κ3) is 5.21. The van der Waals surface area contributed by atoms with Crippen LogP contribution >= 0.6 is 15.8 Å². The molecule has 214 valence electrons. The standard InChI is InChI=1S/C36H42N4P2/c1-27-15-13-21-31(41(29-17-9-7-10-18-29)30-19-11-8-12-20-30)33(27)34-28(2)16-14-22-32(34)42(35-37(3)23-24-38(35)4)36-39(5)25-26-40(36)6/h7-22H,23-26H2,1-6H3/q+2. The van der Waals surface area contributed by atoms with Gasteiger partial charge in [-0.2, -0.15) is 0 Å². The van der Waals surface area contributed by atoms with Gasteiger partial charge in [-0.1, -0.05) is 97.1 Å². The van der Waals surface area contributed by atoms with Gasteiger partial charge in [-0.15, -0.1) is 0 Å². The lowest BCUT2D eigenvalue weighted by molar-refractivity contribution is -0.486. The minimum absolute atomic E-state index is 0.754. The van der Waals surface area contributed by atoms with Crippen molar-refractivity contribution in [2.75, 3.05) is 54.4 Å². The molecule has 0 aromatic heterocycles. The second-order valence-corrected chi connectivity index (χ2v) is 15.7. The maximum Gasteiger partial charge on any atom is 0.284 e. The molecule has 4 aromatic rings. The quantitative estimate of drug-likeness (QED) is 0.228. The van der Waals surface area contributed by atoms with Crippen LogP contribution in [0.2, 0.25) is 0 Å². The van der Waals surface area contributed by atoms with Crippen molar-refractivity contribution >= 4 is 48.2 Å². The van der Waals surface area contributed by atoms with Gasteiger partial charge in [-0.3, -0.25) is 19.0 Å². The summed E-state index contributed by atoms with van der Waals surface area (Å²) in [6.45, 7) is 8.88. The van der Waals surface area contributed by atoms with Gasteiger partial charge in [-0.05, 0) is 59.9 Å². The highest BCUT2D eigenvalue weighted by Crippen LogP contribution is 2.47. The summed E-state index contributed by atoms with van der Waals surface area (Å²) >= 11 is 0. The summed E-state index contributed by atoms with van der Waals surface area (Å²) < 4.78 is 5.01. The van der Waals surface area contributed by atoms with Crippen molar-refractivity contribution in [2.24, 2.45) is 0 Å². The number of hydrogen-bond acceptors (Lipinski definition) is 2. The molecular weight excluding hydrogens is 550 g/mol. The molecule has 0 saturated carbocycles. The highest BCUT2D eigenvalue weighted by molar-refractivity contribution is 7.95. The van der Waals surface area contributed by atoms with Gasteiger partial charge in [0.15, 0.2) is 7.92 Å². The minimum atomic E-state index is -0.784. The summed E-state index contributed by atoms with van der Waals surface area (Å²) in [6.07, 6.45) is 0. The van der Waals surface area contributed by atoms with Gasteiger partial charge in [0.1, 0.15) is 26.2 Å². The first-order valence-electron chi connectivity index (χ1n) is 14.8. The largest absolute Gasteiger partial charge is 0.284 e. The van der Waals surface area contributed by atoms with Crippen LogP contribution < -0.4 is 21.2 Å². The first-order chi connectivity index (χ1) is 20.4. The normalized spacial score (nSPS) is 15.6. The van der Waals surface area contributed by atoms with Gasteiger partial charge in [0.05, 0.1) is 28.2 Å². The van der Waals surface area contributed by atoms with Crippen LogP contribution in [0.4, 0.5) is 0 Å². The molecule has 2 aliphatic rings. The molecule has 0 saturated heterocycles. The fraction of sp³-hybridized carbons (Fsp3) is 0.278. The molecule has 42 heavy (non-hydrogen) atoms. The Kier molecular flexibility index (Phi) is 8.30. The zero-order chi connectivity index (χ0) is 29.4. The summed E-state index contributed by atoms with van der Waals surface area (Å²) in [6, 6.07) is 36.2. The van der Waals surface area contributed by atoms with Crippen molar-refractivity contribution in [1.29, 1.82) is 0 Å². The first-order valence-corrected chi connectivity index (χ1v) is 17.5. The van der Waals surface area contributed by atoms with Crippen LogP contribution in [0.5, 0.6) is 0 Å². The summed E-state index contributed by atoms with van der Waals surface area (Å²) in [4.78, 5) is 5.01. The molecule has 2 heterocycles. The number of rotatable bonds is 7. The maximum absolute atomic E-state index is 2.50. The molecule has 0 fully saturated rings. The van der Waals surface area contributed by atoms with Gasteiger partial charge in [0, 0.05) is 5.30 Å². The average molecular weight is 593 g/mol. The molecule has 0 amide bonds. The highest BCUT2D eigenvalue weighted by Gasteiger charge is 2.46. The fourth-order valence-corrected chi connectivity index (χ4v) is 12.1. The van der Waals surface area contributed by atoms with Crippen molar-refractivity contribution < 1.29 is 9.15 Å². The molecule has 0 N–H and O–H groups in total. The predicted octanol–water partition coefficient (Wildman–Crippen LogP) is 4.72. The Balaban J connectivity index is 1.66. The van der Waals surface area contributed by atoms with Crippen LogP contribution in [-0.2, 0) is 0 Å². The van der Waals surface area contributed by atoms with Crippen molar-refractivity contribution in [3.63, 3.8) is 0 Å². The Hall–Kier alpha value is -3.32. The van der Waals surface area contributed by atoms with E-state index in [1.54, 1.807) is 0 Å². The van der Waals surface area contributed by atoms with E-state index in [9.17, 15) is 0 Å². The van der Waals surface area contributed by atoms with Gasteiger partial charge in [0.2, 0.25) is 0 Å². The number of likely N-dealkylation sites (N-methyl/N-ethyl adjacent to an activating group) is 4. The Morgan fingerprint density at radius 1 is 0.524 bits per heavy atom. The molecule has 4 nitrogen and oxygen atoms in total. The van der Waals surface area contributed by atoms with E-state index < -0.39 is 15.8 Å². The SMILES string of the molecule is Cc1cccc(P(C2=[N+](C)CCN2C)C2=[N+](C)CCN2C)c1-c1c(C)cccc1P(c1ccccc1)c1ccccc1. The molecule has 0 spiro atoms. The van der Waals surface area contributed by atoms with E-state index in [0.29, 0.717) is 0 Å². The molecule has 6 rings (SSSR count). The van der Waals surface area contributed by atoms with Gasteiger partial charge in [0.25, 0.3) is 11.2 Å². The zero-order valence-electron chi connectivity index (χ0n) is 25.7. The first kappa shape index (κ1) is 28.8.